The van der Waals surface area contributed by atoms with E-state index in [1.807, 2.05) is 17.7 Å². The highest BCUT2D eigenvalue weighted by Gasteiger charge is 2.34. The average Bonchev–Trinajstić information content (AvgIpc) is 2.76. The zero-order valence-corrected chi connectivity index (χ0v) is 10.9. The lowest BCUT2D eigenvalue weighted by atomic mass is 9.79. The van der Waals surface area contributed by atoms with Crippen LogP contribution >= 0.6 is 0 Å². The molecule has 3 rings (SSSR count). The van der Waals surface area contributed by atoms with E-state index in [1.165, 1.54) is 0 Å². The molecule has 5 heteroatoms. The Hall–Kier alpha value is -1.91. The number of nitrogens with zero attached hydrogens (tertiary/aromatic N) is 3. The van der Waals surface area contributed by atoms with Gasteiger partial charge in [-0.3, -0.25) is 9.78 Å². The van der Waals surface area contributed by atoms with Crippen molar-refractivity contribution < 1.29 is 9.90 Å². The van der Waals surface area contributed by atoms with Crippen molar-refractivity contribution in [2.24, 2.45) is 13.0 Å². The van der Waals surface area contributed by atoms with Crippen LogP contribution in [-0.4, -0.2) is 25.6 Å². The number of aryl methyl sites for hydroxylation is 1. The van der Waals surface area contributed by atoms with Gasteiger partial charge in [0.2, 0.25) is 0 Å². The third kappa shape index (κ3) is 1.99. The van der Waals surface area contributed by atoms with Crippen LogP contribution in [0.1, 0.15) is 37.4 Å². The van der Waals surface area contributed by atoms with Crippen LogP contribution in [0, 0.1) is 5.92 Å². The number of aromatic nitrogens is 3. The van der Waals surface area contributed by atoms with Crippen molar-refractivity contribution in [2.75, 3.05) is 0 Å². The molecular weight excluding hydrogens is 242 g/mol. The molecule has 2 unspecified atom stereocenters. The second-order valence-electron chi connectivity index (χ2n) is 5.23. The minimum absolute atomic E-state index is 0.0173. The quantitative estimate of drug-likeness (QED) is 0.898. The van der Waals surface area contributed by atoms with Gasteiger partial charge in [0.1, 0.15) is 5.82 Å². The first-order chi connectivity index (χ1) is 9.18. The van der Waals surface area contributed by atoms with Crippen LogP contribution < -0.4 is 0 Å². The molecule has 1 fully saturated rings. The summed E-state index contributed by atoms with van der Waals surface area (Å²) in [5, 5.41) is 9.39. The van der Waals surface area contributed by atoms with E-state index < -0.39 is 5.97 Å². The maximum Gasteiger partial charge on any atom is 0.307 e. The topological polar surface area (TPSA) is 68.0 Å². The van der Waals surface area contributed by atoms with E-state index in [-0.39, 0.29) is 11.8 Å². The summed E-state index contributed by atoms with van der Waals surface area (Å²) in [6.07, 6.45) is 7.23. The minimum Gasteiger partial charge on any atom is -0.481 e. The number of aliphatic carboxylic acids is 1. The van der Waals surface area contributed by atoms with Gasteiger partial charge in [0.25, 0.3) is 0 Å². The first-order valence-electron chi connectivity index (χ1n) is 6.67. The fourth-order valence-corrected chi connectivity index (χ4v) is 3.12. The van der Waals surface area contributed by atoms with Crippen LogP contribution in [-0.2, 0) is 11.8 Å². The van der Waals surface area contributed by atoms with Crippen LogP contribution in [0.3, 0.4) is 0 Å². The van der Waals surface area contributed by atoms with Gasteiger partial charge in [-0.05, 0) is 18.9 Å². The van der Waals surface area contributed by atoms with Crippen molar-refractivity contribution >= 4 is 17.0 Å². The lowest BCUT2D eigenvalue weighted by Gasteiger charge is -2.27. The number of hydrogen-bond donors (Lipinski definition) is 1. The van der Waals surface area contributed by atoms with Crippen molar-refractivity contribution in [1.29, 1.82) is 0 Å². The van der Waals surface area contributed by atoms with Gasteiger partial charge in [-0.1, -0.05) is 12.8 Å². The van der Waals surface area contributed by atoms with E-state index in [9.17, 15) is 9.90 Å². The van der Waals surface area contributed by atoms with Gasteiger partial charge >= 0.3 is 5.97 Å². The van der Waals surface area contributed by atoms with Gasteiger partial charge in [0, 0.05) is 19.2 Å². The summed E-state index contributed by atoms with van der Waals surface area (Å²) in [5.41, 5.74) is 1.86. The van der Waals surface area contributed by atoms with Gasteiger partial charge in [-0.15, -0.1) is 0 Å². The number of rotatable bonds is 2. The standard InChI is InChI=1S/C14H17N3O2/c1-17-12-8-15-7-6-11(12)16-13(17)9-4-2-3-5-10(9)14(18)19/h6-10H,2-5H2,1H3,(H,18,19). The summed E-state index contributed by atoms with van der Waals surface area (Å²) in [6.45, 7) is 0. The van der Waals surface area contributed by atoms with Crippen LogP contribution in [0.15, 0.2) is 18.5 Å². The van der Waals surface area contributed by atoms with Gasteiger partial charge in [-0.25, -0.2) is 4.98 Å². The van der Waals surface area contributed by atoms with Crippen LogP contribution in [0.2, 0.25) is 0 Å². The molecule has 0 bridgehead atoms. The lowest BCUT2D eigenvalue weighted by molar-refractivity contribution is -0.143. The Balaban J connectivity index is 2.07. The molecule has 0 aliphatic heterocycles. The number of carbonyl (C=O) groups is 1. The number of pyridine rings is 1. The smallest absolute Gasteiger partial charge is 0.307 e. The first-order valence-corrected chi connectivity index (χ1v) is 6.67. The highest BCUT2D eigenvalue weighted by Crippen LogP contribution is 2.38. The molecule has 100 valence electrons. The zero-order valence-electron chi connectivity index (χ0n) is 10.9. The second kappa shape index (κ2) is 4.64. The van der Waals surface area contributed by atoms with Crippen molar-refractivity contribution in [3.05, 3.63) is 24.3 Å². The largest absolute Gasteiger partial charge is 0.481 e. The molecule has 0 aromatic carbocycles. The molecule has 2 aromatic rings. The Morgan fingerprint density at radius 2 is 2.21 bits per heavy atom. The predicted octanol–water partition coefficient (Wildman–Crippen LogP) is 2.33. The Kier molecular flexibility index (Phi) is 2.97. The third-order valence-electron chi connectivity index (χ3n) is 4.13. The fraction of sp³-hybridized carbons (Fsp3) is 0.500. The van der Waals surface area contributed by atoms with E-state index in [0.29, 0.717) is 0 Å². The molecule has 0 amide bonds. The zero-order chi connectivity index (χ0) is 13.4. The summed E-state index contributed by atoms with van der Waals surface area (Å²) in [6, 6.07) is 1.87. The highest BCUT2D eigenvalue weighted by atomic mass is 16.4. The fourth-order valence-electron chi connectivity index (χ4n) is 3.12. The highest BCUT2D eigenvalue weighted by molar-refractivity contribution is 5.76. The van der Waals surface area contributed by atoms with E-state index in [0.717, 1.165) is 42.5 Å². The van der Waals surface area contributed by atoms with Crippen LogP contribution in [0.4, 0.5) is 0 Å². The number of carboxylic acids is 1. The number of imidazole rings is 1. The maximum absolute atomic E-state index is 11.4. The number of hydrogen-bond acceptors (Lipinski definition) is 3. The molecule has 1 aliphatic carbocycles. The number of fused-ring (bicyclic) bond motifs is 1. The van der Waals surface area contributed by atoms with Crippen molar-refractivity contribution in [1.82, 2.24) is 14.5 Å². The van der Waals surface area contributed by atoms with Gasteiger partial charge in [0.15, 0.2) is 0 Å². The summed E-state index contributed by atoms with van der Waals surface area (Å²) < 4.78 is 1.99. The Labute approximate surface area is 111 Å². The molecule has 0 spiro atoms. The normalized spacial score (nSPS) is 23.6. The molecule has 0 radical (unpaired) electrons. The first kappa shape index (κ1) is 12.1. The maximum atomic E-state index is 11.4. The van der Waals surface area contributed by atoms with E-state index in [4.69, 9.17) is 0 Å². The Morgan fingerprint density at radius 3 is 2.95 bits per heavy atom. The SMILES string of the molecule is Cn1c(C2CCCCC2C(=O)O)nc2ccncc21. The van der Waals surface area contributed by atoms with E-state index in [2.05, 4.69) is 9.97 Å². The Bertz CT molecular complexity index is 620. The molecule has 19 heavy (non-hydrogen) atoms. The molecule has 2 aromatic heterocycles. The molecule has 2 atom stereocenters. The van der Waals surface area contributed by atoms with Gasteiger partial charge in [-0.2, -0.15) is 0 Å². The molecular formula is C14H17N3O2. The lowest BCUT2D eigenvalue weighted by Crippen LogP contribution is -2.27. The second-order valence-corrected chi connectivity index (χ2v) is 5.23. The van der Waals surface area contributed by atoms with E-state index in [1.54, 1.807) is 12.4 Å². The minimum atomic E-state index is -0.699. The summed E-state index contributed by atoms with van der Waals surface area (Å²) in [7, 11) is 1.94. The molecule has 1 saturated carbocycles. The van der Waals surface area contributed by atoms with Crippen molar-refractivity contribution in [3.63, 3.8) is 0 Å². The molecule has 5 nitrogen and oxygen atoms in total. The molecule has 1 N–H and O–H groups in total. The average molecular weight is 259 g/mol. The summed E-state index contributed by atoms with van der Waals surface area (Å²) in [4.78, 5) is 20.2. The summed E-state index contributed by atoms with van der Waals surface area (Å²) >= 11 is 0. The third-order valence-corrected chi connectivity index (χ3v) is 4.13. The molecule has 0 saturated heterocycles. The monoisotopic (exact) mass is 259 g/mol. The van der Waals surface area contributed by atoms with Gasteiger partial charge in [0.05, 0.1) is 23.1 Å². The molecule has 1 aliphatic rings. The molecule has 2 heterocycles. The van der Waals surface area contributed by atoms with E-state index >= 15 is 0 Å². The van der Waals surface area contributed by atoms with Crippen LogP contribution in [0.25, 0.3) is 11.0 Å². The van der Waals surface area contributed by atoms with Crippen molar-refractivity contribution in [2.45, 2.75) is 31.6 Å². The number of carboxylic acid groups (broad SMARTS) is 1. The van der Waals surface area contributed by atoms with Crippen LogP contribution in [0.5, 0.6) is 0 Å². The van der Waals surface area contributed by atoms with Crippen molar-refractivity contribution in [3.8, 4) is 0 Å². The van der Waals surface area contributed by atoms with Gasteiger partial charge < -0.3 is 9.67 Å². The summed E-state index contributed by atoms with van der Waals surface area (Å²) in [5.74, 6) is -0.106. The predicted molar refractivity (Wildman–Crippen MR) is 70.8 cm³/mol. The Morgan fingerprint density at radius 1 is 1.42 bits per heavy atom.